The van der Waals surface area contributed by atoms with Crippen molar-refractivity contribution in [3.63, 3.8) is 0 Å². The van der Waals surface area contributed by atoms with Crippen LogP contribution in [0.4, 0.5) is 0 Å². The highest BCUT2D eigenvalue weighted by Crippen LogP contribution is 2.52. The van der Waals surface area contributed by atoms with Crippen molar-refractivity contribution in [2.75, 3.05) is 32.8 Å². The van der Waals surface area contributed by atoms with E-state index in [1.54, 1.807) is 0 Å². The monoisotopic (exact) mass is 239 g/mol. The molecule has 0 N–H and O–H groups in total. The molecule has 0 aromatic heterocycles. The molecule has 2 fully saturated rings. The van der Waals surface area contributed by atoms with E-state index in [0.29, 0.717) is 5.41 Å². The van der Waals surface area contributed by atoms with E-state index in [-0.39, 0.29) is 0 Å². The van der Waals surface area contributed by atoms with E-state index < -0.39 is 0 Å². The number of rotatable bonds is 7. The highest BCUT2D eigenvalue weighted by atomic mass is 16.5. The van der Waals surface area contributed by atoms with Gasteiger partial charge in [-0.15, -0.1) is 0 Å². The van der Waals surface area contributed by atoms with Crippen molar-refractivity contribution in [1.82, 2.24) is 4.90 Å². The van der Waals surface area contributed by atoms with E-state index in [1.165, 1.54) is 45.1 Å². The van der Waals surface area contributed by atoms with Crippen LogP contribution in [0.3, 0.4) is 0 Å². The molecule has 0 bridgehead atoms. The predicted octanol–water partition coefficient (Wildman–Crippen LogP) is 3.32. The maximum Gasteiger partial charge on any atom is 0.0594 e. The first-order chi connectivity index (χ1) is 8.28. The summed E-state index contributed by atoms with van der Waals surface area (Å²) in [6, 6.07) is 0. The minimum atomic E-state index is 0.702. The average Bonchev–Trinajstić information content (AvgIpc) is 3.09. The van der Waals surface area contributed by atoms with E-state index in [4.69, 9.17) is 4.74 Å². The zero-order valence-corrected chi connectivity index (χ0v) is 11.7. The molecular formula is C15H29NO. The van der Waals surface area contributed by atoms with Gasteiger partial charge in [-0.1, -0.05) is 33.1 Å². The molecule has 1 saturated carbocycles. The minimum absolute atomic E-state index is 0.702. The molecule has 2 nitrogen and oxygen atoms in total. The number of ether oxygens (including phenoxy) is 1. The smallest absolute Gasteiger partial charge is 0.0594 e. The second-order valence-corrected chi connectivity index (χ2v) is 6.16. The predicted molar refractivity (Wildman–Crippen MR) is 72.2 cm³/mol. The number of morpholine rings is 1. The number of nitrogens with zero attached hydrogens (tertiary/aromatic N) is 1. The van der Waals surface area contributed by atoms with Gasteiger partial charge >= 0.3 is 0 Å². The molecule has 1 aliphatic carbocycles. The Hall–Kier alpha value is -0.0800. The number of hydrogen-bond donors (Lipinski definition) is 0. The molecule has 17 heavy (non-hydrogen) atoms. The standard InChI is InChI=1S/C15H29NO/c1-3-5-14(4-2)12-15(6-7-15)13-16-8-10-17-11-9-16/h14H,3-13H2,1-2H3. The highest BCUT2D eigenvalue weighted by Gasteiger charge is 2.44. The van der Waals surface area contributed by atoms with E-state index in [1.807, 2.05) is 0 Å². The highest BCUT2D eigenvalue weighted by molar-refractivity contribution is 4.97. The molecule has 1 saturated heterocycles. The van der Waals surface area contributed by atoms with Gasteiger partial charge in [-0.25, -0.2) is 0 Å². The summed E-state index contributed by atoms with van der Waals surface area (Å²) in [7, 11) is 0. The summed E-state index contributed by atoms with van der Waals surface area (Å²) in [6.07, 6.45) is 8.59. The van der Waals surface area contributed by atoms with E-state index >= 15 is 0 Å². The van der Waals surface area contributed by atoms with Crippen molar-refractivity contribution in [1.29, 1.82) is 0 Å². The molecule has 0 radical (unpaired) electrons. The van der Waals surface area contributed by atoms with E-state index in [2.05, 4.69) is 18.7 Å². The summed E-state index contributed by atoms with van der Waals surface area (Å²) in [6.45, 7) is 10.2. The SMILES string of the molecule is CCCC(CC)CC1(CN2CCOCC2)CC1. The lowest BCUT2D eigenvalue weighted by Gasteiger charge is -2.32. The van der Waals surface area contributed by atoms with Gasteiger partial charge in [0.05, 0.1) is 13.2 Å². The van der Waals surface area contributed by atoms with Gasteiger partial charge in [0.1, 0.15) is 0 Å². The van der Waals surface area contributed by atoms with Gasteiger partial charge in [-0.3, -0.25) is 4.90 Å². The Morgan fingerprint density at radius 3 is 2.41 bits per heavy atom. The fraction of sp³-hybridized carbons (Fsp3) is 1.00. The topological polar surface area (TPSA) is 12.5 Å². The molecule has 1 unspecified atom stereocenters. The third-order valence-corrected chi connectivity index (χ3v) is 4.62. The van der Waals surface area contributed by atoms with Gasteiger partial charge in [0.2, 0.25) is 0 Å². The van der Waals surface area contributed by atoms with Gasteiger partial charge in [0.25, 0.3) is 0 Å². The lowest BCUT2D eigenvalue weighted by molar-refractivity contribution is 0.0259. The van der Waals surface area contributed by atoms with Gasteiger partial charge < -0.3 is 4.74 Å². The maximum absolute atomic E-state index is 5.43. The third-order valence-electron chi connectivity index (χ3n) is 4.62. The summed E-state index contributed by atoms with van der Waals surface area (Å²) in [5.41, 5.74) is 0.702. The van der Waals surface area contributed by atoms with Crippen LogP contribution in [0.25, 0.3) is 0 Å². The zero-order chi connectivity index (χ0) is 12.1. The van der Waals surface area contributed by atoms with Gasteiger partial charge in [-0.05, 0) is 30.6 Å². The molecule has 1 aliphatic heterocycles. The summed E-state index contributed by atoms with van der Waals surface area (Å²) in [5, 5.41) is 0. The molecule has 0 aromatic carbocycles. The normalized spacial score (nSPS) is 25.8. The minimum Gasteiger partial charge on any atom is -0.379 e. The molecular weight excluding hydrogens is 210 g/mol. The third kappa shape index (κ3) is 3.96. The van der Waals surface area contributed by atoms with Gasteiger partial charge in [0.15, 0.2) is 0 Å². The van der Waals surface area contributed by atoms with Crippen molar-refractivity contribution in [3.8, 4) is 0 Å². The van der Waals surface area contributed by atoms with Crippen LogP contribution < -0.4 is 0 Å². The second-order valence-electron chi connectivity index (χ2n) is 6.16. The first-order valence-corrected chi connectivity index (χ1v) is 7.58. The molecule has 2 aliphatic rings. The summed E-state index contributed by atoms with van der Waals surface area (Å²) >= 11 is 0. The van der Waals surface area contributed by atoms with Crippen LogP contribution in [0.5, 0.6) is 0 Å². The van der Waals surface area contributed by atoms with Crippen LogP contribution in [0.15, 0.2) is 0 Å². The molecule has 0 aromatic rings. The van der Waals surface area contributed by atoms with Crippen molar-refractivity contribution < 1.29 is 4.74 Å². The molecule has 1 heterocycles. The molecule has 0 spiro atoms. The Kier molecular flexibility index (Phi) is 4.87. The fourth-order valence-corrected chi connectivity index (χ4v) is 3.31. The summed E-state index contributed by atoms with van der Waals surface area (Å²) in [4.78, 5) is 2.63. The lowest BCUT2D eigenvalue weighted by Crippen LogP contribution is -2.40. The van der Waals surface area contributed by atoms with Crippen LogP contribution in [-0.2, 0) is 4.74 Å². The Balaban J connectivity index is 1.77. The lowest BCUT2D eigenvalue weighted by atomic mass is 9.87. The maximum atomic E-state index is 5.43. The van der Waals surface area contributed by atoms with Crippen LogP contribution in [0.1, 0.15) is 52.4 Å². The van der Waals surface area contributed by atoms with Crippen LogP contribution in [0.2, 0.25) is 0 Å². The summed E-state index contributed by atoms with van der Waals surface area (Å²) in [5.74, 6) is 0.976. The first-order valence-electron chi connectivity index (χ1n) is 7.58. The van der Waals surface area contributed by atoms with Crippen LogP contribution >= 0.6 is 0 Å². The summed E-state index contributed by atoms with van der Waals surface area (Å²) < 4.78 is 5.43. The van der Waals surface area contributed by atoms with E-state index in [0.717, 1.165) is 32.2 Å². The van der Waals surface area contributed by atoms with Crippen molar-refractivity contribution in [2.24, 2.45) is 11.3 Å². The Labute approximate surface area is 107 Å². The van der Waals surface area contributed by atoms with Crippen LogP contribution in [0, 0.1) is 11.3 Å². The van der Waals surface area contributed by atoms with Crippen molar-refractivity contribution in [3.05, 3.63) is 0 Å². The van der Waals surface area contributed by atoms with Crippen molar-refractivity contribution in [2.45, 2.75) is 52.4 Å². The quantitative estimate of drug-likeness (QED) is 0.676. The molecule has 1 atom stereocenters. The first kappa shape index (κ1) is 13.4. The van der Waals surface area contributed by atoms with Gasteiger partial charge in [-0.2, -0.15) is 0 Å². The second kappa shape index (κ2) is 6.19. The van der Waals surface area contributed by atoms with Gasteiger partial charge in [0, 0.05) is 19.6 Å². The fourth-order valence-electron chi connectivity index (χ4n) is 3.31. The molecule has 100 valence electrons. The zero-order valence-electron chi connectivity index (χ0n) is 11.7. The Morgan fingerprint density at radius 1 is 1.18 bits per heavy atom. The Bertz CT molecular complexity index is 210. The molecule has 2 rings (SSSR count). The molecule has 0 amide bonds. The van der Waals surface area contributed by atoms with Crippen LogP contribution in [-0.4, -0.2) is 37.7 Å². The van der Waals surface area contributed by atoms with Crippen molar-refractivity contribution >= 4 is 0 Å². The van der Waals surface area contributed by atoms with E-state index in [9.17, 15) is 0 Å². The Morgan fingerprint density at radius 2 is 1.88 bits per heavy atom. The largest absolute Gasteiger partial charge is 0.379 e. The number of hydrogen-bond acceptors (Lipinski definition) is 2. The molecule has 2 heteroatoms. The average molecular weight is 239 g/mol.